The average molecular weight is 233 g/mol. The molecule has 1 aromatic carbocycles. The lowest BCUT2D eigenvalue weighted by molar-refractivity contribution is 0.509. The number of benzene rings is 1. The Morgan fingerprint density at radius 1 is 1.41 bits per heavy atom. The summed E-state index contributed by atoms with van der Waals surface area (Å²) in [7, 11) is 0. The van der Waals surface area contributed by atoms with Gasteiger partial charge in [-0.15, -0.1) is 0 Å². The van der Waals surface area contributed by atoms with Gasteiger partial charge in [-0.3, -0.25) is 0 Å². The average Bonchev–Trinajstić information content (AvgIpc) is 2.59. The van der Waals surface area contributed by atoms with Crippen molar-refractivity contribution in [1.82, 2.24) is 9.78 Å². The van der Waals surface area contributed by atoms with E-state index in [2.05, 4.69) is 5.10 Å². The predicted molar refractivity (Wildman–Crippen MR) is 66.2 cm³/mol. The summed E-state index contributed by atoms with van der Waals surface area (Å²) in [6.45, 7) is 3.93. The van der Waals surface area contributed by atoms with Crippen LogP contribution in [0, 0.1) is 12.7 Å². The van der Waals surface area contributed by atoms with Gasteiger partial charge in [0.15, 0.2) is 0 Å². The van der Waals surface area contributed by atoms with Crippen LogP contribution in [-0.2, 0) is 0 Å². The molecule has 0 saturated carbocycles. The molecule has 0 fully saturated rings. The van der Waals surface area contributed by atoms with Gasteiger partial charge in [0.1, 0.15) is 11.6 Å². The smallest absolute Gasteiger partial charge is 0.123 e. The lowest BCUT2D eigenvalue weighted by atomic mass is 10.0. The molecule has 1 atom stereocenters. The Kier molecular flexibility index (Phi) is 3.13. The van der Waals surface area contributed by atoms with Gasteiger partial charge >= 0.3 is 0 Å². The Balaban J connectivity index is 2.43. The van der Waals surface area contributed by atoms with Gasteiger partial charge in [-0.05, 0) is 31.0 Å². The van der Waals surface area contributed by atoms with Gasteiger partial charge in [0, 0.05) is 6.07 Å². The highest BCUT2D eigenvalue weighted by molar-refractivity contribution is 5.33. The van der Waals surface area contributed by atoms with Gasteiger partial charge in [-0.25, -0.2) is 9.07 Å². The Morgan fingerprint density at radius 2 is 2.18 bits per heavy atom. The Morgan fingerprint density at radius 3 is 2.71 bits per heavy atom. The van der Waals surface area contributed by atoms with Crippen LogP contribution < -0.4 is 5.73 Å². The van der Waals surface area contributed by atoms with Crippen LogP contribution in [0.5, 0.6) is 0 Å². The maximum absolute atomic E-state index is 13.2. The van der Waals surface area contributed by atoms with E-state index < -0.39 is 0 Å². The molecule has 4 heteroatoms. The first-order valence-electron chi connectivity index (χ1n) is 5.69. The monoisotopic (exact) mass is 233 g/mol. The number of hydrogen-bond donors (Lipinski definition) is 1. The highest BCUT2D eigenvalue weighted by Crippen LogP contribution is 2.25. The second-order valence-electron chi connectivity index (χ2n) is 4.13. The molecule has 0 amide bonds. The summed E-state index contributed by atoms with van der Waals surface area (Å²) in [4.78, 5) is 0. The van der Waals surface area contributed by atoms with Crippen LogP contribution in [-0.4, -0.2) is 9.78 Å². The highest BCUT2D eigenvalue weighted by Gasteiger charge is 2.15. The van der Waals surface area contributed by atoms with Crippen LogP contribution >= 0.6 is 0 Å². The SMILES string of the molecule is CCC(c1cccc(F)c1)n1nc(C)cc1N. The number of anilines is 1. The largest absolute Gasteiger partial charge is 0.384 e. The molecule has 0 aliphatic heterocycles. The number of hydrogen-bond acceptors (Lipinski definition) is 2. The Bertz CT molecular complexity index is 519. The van der Waals surface area contributed by atoms with Crippen molar-refractivity contribution in [3.05, 3.63) is 47.4 Å². The molecule has 2 N–H and O–H groups in total. The molecule has 0 aliphatic rings. The summed E-state index contributed by atoms with van der Waals surface area (Å²) < 4.78 is 15.0. The highest BCUT2D eigenvalue weighted by atomic mass is 19.1. The summed E-state index contributed by atoms with van der Waals surface area (Å²) in [5.74, 6) is 0.377. The van der Waals surface area contributed by atoms with Crippen molar-refractivity contribution in [3.8, 4) is 0 Å². The van der Waals surface area contributed by atoms with Gasteiger partial charge in [0.2, 0.25) is 0 Å². The van der Waals surface area contributed by atoms with Crippen molar-refractivity contribution >= 4 is 5.82 Å². The third-order valence-electron chi connectivity index (χ3n) is 2.80. The zero-order valence-electron chi connectivity index (χ0n) is 10.0. The summed E-state index contributed by atoms with van der Waals surface area (Å²) in [6.07, 6.45) is 0.814. The van der Waals surface area contributed by atoms with Crippen molar-refractivity contribution in [2.75, 3.05) is 5.73 Å². The molecule has 0 spiro atoms. The van der Waals surface area contributed by atoms with Crippen molar-refractivity contribution in [2.24, 2.45) is 0 Å². The van der Waals surface area contributed by atoms with E-state index in [1.165, 1.54) is 12.1 Å². The number of nitrogen functional groups attached to an aromatic ring is 1. The van der Waals surface area contributed by atoms with E-state index in [4.69, 9.17) is 5.73 Å². The summed E-state index contributed by atoms with van der Waals surface area (Å²) in [5, 5.41) is 4.36. The third-order valence-corrected chi connectivity index (χ3v) is 2.80. The molecule has 1 heterocycles. The lowest BCUT2D eigenvalue weighted by Crippen LogP contribution is -2.14. The number of nitrogens with two attached hydrogens (primary N) is 1. The minimum Gasteiger partial charge on any atom is -0.384 e. The minimum atomic E-state index is -0.233. The van der Waals surface area contributed by atoms with E-state index in [1.807, 2.05) is 26.0 Å². The first-order chi connectivity index (χ1) is 8.11. The van der Waals surface area contributed by atoms with E-state index in [0.29, 0.717) is 5.82 Å². The number of nitrogens with zero attached hydrogens (tertiary/aromatic N) is 2. The van der Waals surface area contributed by atoms with E-state index in [-0.39, 0.29) is 11.9 Å². The molecule has 1 aromatic heterocycles. The van der Waals surface area contributed by atoms with Gasteiger partial charge in [0.25, 0.3) is 0 Å². The molecule has 1 unspecified atom stereocenters. The van der Waals surface area contributed by atoms with Crippen molar-refractivity contribution in [2.45, 2.75) is 26.3 Å². The first kappa shape index (κ1) is 11.6. The van der Waals surface area contributed by atoms with Crippen molar-refractivity contribution < 1.29 is 4.39 Å². The van der Waals surface area contributed by atoms with E-state index in [1.54, 1.807) is 10.7 Å². The van der Waals surface area contributed by atoms with Crippen LogP contribution in [0.25, 0.3) is 0 Å². The van der Waals surface area contributed by atoms with Gasteiger partial charge < -0.3 is 5.73 Å². The van der Waals surface area contributed by atoms with Crippen LogP contribution in [0.1, 0.15) is 30.6 Å². The van der Waals surface area contributed by atoms with Crippen LogP contribution in [0.2, 0.25) is 0 Å². The fourth-order valence-corrected chi connectivity index (χ4v) is 2.05. The zero-order chi connectivity index (χ0) is 12.4. The molecule has 0 aliphatic carbocycles. The predicted octanol–water partition coefficient (Wildman–Crippen LogP) is 2.91. The fraction of sp³-hybridized carbons (Fsp3) is 0.308. The van der Waals surface area contributed by atoms with Crippen molar-refractivity contribution in [1.29, 1.82) is 0 Å². The molecule has 17 heavy (non-hydrogen) atoms. The Labute approximate surface area is 100 Å². The van der Waals surface area contributed by atoms with E-state index in [0.717, 1.165) is 17.7 Å². The molecule has 0 bridgehead atoms. The lowest BCUT2D eigenvalue weighted by Gasteiger charge is -2.17. The van der Waals surface area contributed by atoms with Crippen LogP contribution in [0.15, 0.2) is 30.3 Å². The number of halogens is 1. The van der Waals surface area contributed by atoms with E-state index >= 15 is 0 Å². The quantitative estimate of drug-likeness (QED) is 0.885. The molecule has 0 saturated heterocycles. The maximum atomic E-state index is 13.2. The second-order valence-corrected chi connectivity index (χ2v) is 4.13. The fourth-order valence-electron chi connectivity index (χ4n) is 2.05. The zero-order valence-corrected chi connectivity index (χ0v) is 10.0. The number of rotatable bonds is 3. The second kappa shape index (κ2) is 4.57. The molecule has 3 nitrogen and oxygen atoms in total. The Hall–Kier alpha value is -1.84. The minimum absolute atomic E-state index is 0.0144. The van der Waals surface area contributed by atoms with Crippen LogP contribution in [0.4, 0.5) is 10.2 Å². The normalized spacial score (nSPS) is 12.6. The third kappa shape index (κ3) is 2.30. The van der Waals surface area contributed by atoms with Gasteiger partial charge in [0.05, 0.1) is 11.7 Å². The van der Waals surface area contributed by atoms with E-state index in [9.17, 15) is 4.39 Å². The molecular weight excluding hydrogens is 217 g/mol. The summed E-state index contributed by atoms with van der Waals surface area (Å²) in [6, 6.07) is 8.38. The number of aromatic nitrogens is 2. The molecule has 2 rings (SSSR count). The van der Waals surface area contributed by atoms with Gasteiger partial charge in [-0.1, -0.05) is 19.1 Å². The number of aryl methyl sites for hydroxylation is 1. The standard InChI is InChI=1S/C13H16FN3/c1-3-12(10-5-4-6-11(14)8-10)17-13(15)7-9(2)16-17/h4-8,12H,3,15H2,1-2H3. The molecular formula is C13H16FN3. The summed E-state index contributed by atoms with van der Waals surface area (Å²) in [5.41, 5.74) is 7.66. The maximum Gasteiger partial charge on any atom is 0.123 e. The van der Waals surface area contributed by atoms with Gasteiger partial charge in [-0.2, -0.15) is 5.10 Å². The first-order valence-corrected chi connectivity index (χ1v) is 5.69. The van der Waals surface area contributed by atoms with Crippen LogP contribution in [0.3, 0.4) is 0 Å². The topological polar surface area (TPSA) is 43.8 Å². The molecule has 2 aromatic rings. The molecule has 90 valence electrons. The summed E-state index contributed by atoms with van der Waals surface area (Å²) >= 11 is 0. The molecule has 0 radical (unpaired) electrons. The van der Waals surface area contributed by atoms with Crippen molar-refractivity contribution in [3.63, 3.8) is 0 Å².